The molecule has 0 bridgehead atoms. The molecule has 0 fully saturated rings. The third-order valence-corrected chi connectivity index (χ3v) is 6.94. The zero-order valence-corrected chi connectivity index (χ0v) is 19.7. The molecule has 0 unspecified atom stereocenters. The molecule has 1 aliphatic heterocycles. The molecule has 0 radical (unpaired) electrons. The van der Waals surface area contributed by atoms with E-state index in [9.17, 15) is 13.2 Å². The molecule has 3 aromatic rings. The number of ether oxygens (including phenoxy) is 2. The van der Waals surface area contributed by atoms with E-state index in [1.54, 1.807) is 18.2 Å². The smallest absolute Gasteiger partial charge is 0.261 e. The van der Waals surface area contributed by atoms with Gasteiger partial charge < -0.3 is 14.8 Å². The minimum Gasteiger partial charge on any atom is -0.486 e. The summed E-state index contributed by atoms with van der Waals surface area (Å²) in [6.45, 7) is 4.68. The first-order valence-electron chi connectivity index (χ1n) is 10.3. The molecular weight excluding hydrogens is 464 g/mol. The van der Waals surface area contributed by atoms with E-state index in [0.29, 0.717) is 24.7 Å². The molecule has 1 heterocycles. The molecule has 4 rings (SSSR count). The molecule has 0 saturated heterocycles. The van der Waals surface area contributed by atoms with E-state index in [0.717, 1.165) is 11.1 Å². The van der Waals surface area contributed by atoms with Gasteiger partial charge in [-0.2, -0.15) is 0 Å². The lowest BCUT2D eigenvalue weighted by molar-refractivity contribution is 0.0940. The summed E-state index contributed by atoms with van der Waals surface area (Å²) >= 11 is 6.25. The van der Waals surface area contributed by atoms with E-state index in [2.05, 4.69) is 10.0 Å². The van der Waals surface area contributed by atoms with Crippen LogP contribution in [0.2, 0.25) is 5.02 Å². The van der Waals surface area contributed by atoms with Gasteiger partial charge in [-0.15, -0.1) is 0 Å². The van der Waals surface area contributed by atoms with E-state index in [4.69, 9.17) is 21.1 Å². The van der Waals surface area contributed by atoms with E-state index in [1.807, 2.05) is 26.0 Å². The lowest BCUT2D eigenvalue weighted by Gasteiger charge is -2.21. The Bertz CT molecular complexity index is 1290. The van der Waals surface area contributed by atoms with Crippen LogP contribution in [0.15, 0.2) is 65.6 Å². The summed E-state index contributed by atoms with van der Waals surface area (Å²) in [6.07, 6.45) is 0. The average molecular weight is 487 g/mol. The highest BCUT2D eigenvalue weighted by atomic mass is 35.5. The number of fused-ring (bicyclic) bond motifs is 1. The molecule has 172 valence electrons. The summed E-state index contributed by atoms with van der Waals surface area (Å²) in [5.74, 6) is 0.865. The van der Waals surface area contributed by atoms with Crippen molar-refractivity contribution in [2.24, 2.45) is 0 Å². The van der Waals surface area contributed by atoms with Crippen LogP contribution >= 0.6 is 11.6 Å². The summed E-state index contributed by atoms with van der Waals surface area (Å²) in [7, 11) is -3.81. The van der Waals surface area contributed by atoms with E-state index < -0.39 is 15.9 Å². The zero-order chi connectivity index (χ0) is 23.6. The largest absolute Gasteiger partial charge is 0.486 e. The molecule has 0 saturated carbocycles. The second kappa shape index (κ2) is 9.33. The number of anilines is 1. The maximum Gasteiger partial charge on any atom is 0.261 e. The van der Waals surface area contributed by atoms with Gasteiger partial charge in [0.2, 0.25) is 0 Å². The molecule has 1 atom stereocenters. The van der Waals surface area contributed by atoms with Crippen LogP contribution < -0.4 is 19.5 Å². The molecule has 3 aromatic carbocycles. The van der Waals surface area contributed by atoms with Gasteiger partial charge in [-0.25, -0.2) is 8.42 Å². The summed E-state index contributed by atoms with van der Waals surface area (Å²) in [6, 6.07) is 16.0. The number of sulfonamides is 1. The first-order valence-corrected chi connectivity index (χ1v) is 12.2. The molecule has 2 N–H and O–H groups in total. The molecule has 0 aromatic heterocycles. The highest BCUT2D eigenvalue weighted by Gasteiger charge is 2.20. The Morgan fingerprint density at radius 1 is 0.970 bits per heavy atom. The van der Waals surface area contributed by atoms with Crippen molar-refractivity contribution in [3.05, 3.63) is 82.4 Å². The Balaban J connectivity index is 1.51. The van der Waals surface area contributed by atoms with E-state index in [-0.39, 0.29) is 27.2 Å². The number of nitrogens with one attached hydrogen (secondary N) is 2. The normalized spacial score (nSPS) is 13.8. The number of aryl methyl sites for hydroxylation is 1. The molecule has 1 amide bonds. The zero-order valence-electron chi connectivity index (χ0n) is 18.1. The Labute approximate surface area is 197 Å². The van der Waals surface area contributed by atoms with Gasteiger partial charge in [0.15, 0.2) is 11.5 Å². The summed E-state index contributed by atoms with van der Waals surface area (Å²) in [5, 5.41) is 3.10. The van der Waals surface area contributed by atoms with Gasteiger partial charge in [0.1, 0.15) is 13.2 Å². The number of hydrogen-bond acceptors (Lipinski definition) is 5. The fraction of sp³-hybridized carbons (Fsp3) is 0.208. The molecule has 33 heavy (non-hydrogen) atoms. The average Bonchev–Trinajstić information content (AvgIpc) is 2.80. The fourth-order valence-corrected chi connectivity index (χ4v) is 4.63. The lowest BCUT2D eigenvalue weighted by Crippen LogP contribution is -2.27. The molecule has 0 aliphatic carbocycles. The number of carbonyl (C=O) groups is 1. The highest BCUT2D eigenvalue weighted by Crippen LogP contribution is 2.33. The van der Waals surface area contributed by atoms with Crippen LogP contribution in [-0.2, 0) is 10.0 Å². The molecular formula is C24H23ClN2O5S. The van der Waals surface area contributed by atoms with Gasteiger partial charge in [-0.1, -0.05) is 35.4 Å². The number of benzene rings is 3. The van der Waals surface area contributed by atoms with Crippen LogP contribution in [0.4, 0.5) is 5.69 Å². The van der Waals surface area contributed by atoms with Crippen molar-refractivity contribution in [1.82, 2.24) is 5.32 Å². The molecule has 9 heteroatoms. The molecule has 7 nitrogen and oxygen atoms in total. The fourth-order valence-electron chi connectivity index (χ4n) is 3.38. The quantitative estimate of drug-likeness (QED) is 0.526. The Morgan fingerprint density at radius 2 is 1.67 bits per heavy atom. The maximum atomic E-state index is 12.9. The van der Waals surface area contributed by atoms with Gasteiger partial charge in [0, 0.05) is 5.69 Å². The second-order valence-corrected chi connectivity index (χ2v) is 9.80. The predicted molar refractivity (Wildman–Crippen MR) is 127 cm³/mol. The second-order valence-electron chi connectivity index (χ2n) is 7.71. The van der Waals surface area contributed by atoms with Crippen molar-refractivity contribution in [2.75, 3.05) is 17.9 Å². The van der Waals surface area contributed by atoms with Crippen molar-refractivity contribution in [3.63, 3.8) is 0 Å². The van der Waals surface area contributed by atoms with Crippen molar-refractivity contribution < 1.29 is 22.7 Å². The van der Waals surface area contributed by atoms with Crippen molar-refractivity contribution >= 4 is 33.2 Å². The number of rotatable bonds is 6. The van der Waals surface area contributed by atoms with Gasteiger partial charge in [0.05, 0.1) is 21.5 Å². The maximum absolute atomic E-state index is 12.9. The van der Waals surface area contributed by atoms with Crippen molar-refractivity contribution in [2.45, 2.75) is 24.8 Å². The first-order chi connectivity index (χ1) is 15.7. The van der Waals surface area contributed by atoms with Crippen LogP contribution in [0.5, 0.6) is 11.5 Å². The summed E-state index contributed by atoms with van der Waals surface area (Å²) in [5.41, 5.74) is 2.17. The van der Waals surface area contributed by atoms with Crippen LogP contribution in [0, 0.1) is 6.92 Å². The van der Waals surface area contributed by atoms with Gasteiger partial charge >= 0.3 is 0 Å². The summed E-state index contributed by atoms with van der Waals surface area (Å²) < 4.78 is 39.0. The predicted octanol–water partition coefficient (Wildman–Crippen LogP) is 4.71. The minimum atomic E-state index is -3.81. The van der Waals surface area contributed by atoms with Crippen molar-refractivity contribution in [3.8, 4) is 11.5 Å². The first kappa shape index (κ1) is 22.9. The number of amides is 1. The Morgan fingerprint density at radius 3 is 2.39 bits per heavy atom. The highest BCUT2D eigenvalue weighted by molar-refractivity contribution is 7.92. The van der Waals surface area contributed by atoms with Crippen LogP contribution in [0.3, 0.4) is 0 Å². The lowest BCUT2D eigenvalue weighted by atomic mass is 10.1. The van der Waals surface area contributed by atoms with Crippen LogP contribution in [0.1, 0.15) is 34.5 Å². The Hall–Kier alpha value is -3.23. The van der Waals surface area contributed by atoms with Crippen LogP contribution in [0.25, 0.3) is 0 Å². The van der Waals surface area contributed by atoms with Gasteiger partial charge in [0.25, 0.3) is 15.9 Å². The monoisotopic (exact) mass is 486 g/mol. The number of carbonyl (C=O) groups excluding carboxylic acids is 1. The third-order valence-electron chi connectivity index (χ3n) is 5.21. The minimum absolute atomic E-state index is 0.126. The third kappa shape index (κ3) is 5.23. The van der Waals surface area contributed by atoms with Gasteiger partial charge in [-0.3, -0.25) is 9.52 Å². The van der Waals surface area contributed by atoms with E-state index in [1.165, 1.54) is 30.3 Å². The molecule has 1 aliphatic rings. The van der Waals surface area contributed by atoms with Gasteiger partial charge in [-0.05, 0) is 61.9 Å². The van der Waals surface area contributed by atoms with E-state index >= 15 is 0 Å². The standard InChI is InChI=1S/C24H23ClN2O5S/c1-15-3-7-19(8-4-15)33(29,30)27-18-6-9-21(25)20(14-18)24(28)26-16(2)17-5-10-22-23(13-17)32-12-11-31-22/h3-10,13-14,16,27H,11-12H2,1-2H3,(H,26,28)/t16-/m1/s1. The SMILES string of the molecule is Cc1ccc(S(=O)(=O)Nc2ccc(Cl)c(C(=O)N[C@H](C)c3ccc4c(c3)OCCO4)c2)cc1. The Kier molecular flexibility index (Phi) is 6.49. The summed E-state index contributed by atoms with van der Waals surface area (Å²) in [4.78, 5) is 13.1. The number of hydrogen-bond donors (Lipinski definition) is 2. The topological polar surface area (TPSA) is 93.7 Å². The van der Waals surface area contributed by atoms with Crippen LogP contribution in [-0.4, -0.2) is 27.5 Å². The van der Waals surface area contributed by atoms with Crippen molar-refractivity contribution in [1.29, 1.82) is 0 Å². The molecule has 0 spiro atoms. The number of halogens is 1.